The molecule has 2 aromatic carbocycles. The van der Waals surface area contributed by atoms with Gasteiger partial charge in [0.15, 0.2) is 0 Å². The van der Waals surface area contributed by atoms with Gasteiger partial charge in [-0.05, 0) is 12.1 Å². The van der Waals surface area contributed by atoms with Crippen molar-refractivity contribution < 1.29 is 18.5 Å². The van der Waals surface area contributed by atoms with Crippen LogP contribution in [0, 0.1) is 15.9 Å². The highest BCUT2D eigenvalue weighted by Crippen LogP contribution is 2.32. The Kier molecular flexibility index (Phi) is 4.60. The molecule has 3 rings (SSSR count). The molecule has 0 unspecified atom stereocenters. The lowest BCUT2D eigenvalue weighted by molar-refractivity contribution is -0.386. The third-order valence-electron chi connectivity index (χ3n) is 3.49. The van der Waals surface area contributed by atoms with E-state index in [1.54, 1.807) is 0 Å². The van der Waals surface area contributed by atoms with Crippen molar-refractivity contribution in [2.45, 2.75) is 6.54 Å². The zero-order chi connectivity index (χ0) is 17.8. The number of nitro benzene ring substituents is 1. The number of benzene rings is 2. The Balaban J connectivity index is 1.81. The van der Waals surface area contributed by atoms with E-state index in [-0.39, 0.29) is 18.0 Å². The van der Waals surface area contributed by atoms with Crippen molar-refractivity contribution in [3.05, 3.63) is 70.4 Å². The van der Waals surface area contributed by atoms with Crippen LogP contribution in [0.3, 0.4) is 0 Å². The van der Waals surface area contributed by atoms with Gasteiger partial charge in [-0.3, -0.25) is 10.1 Å². The van der Waals surface area contributed by atoms with Gasteiger partial charge in [-0.1, -0.05) is 18.2 Å². The summed E-state index contributed by atoms with van der Waals surface area (Å²) in [4.78, 5) is 14.6. The fraction of sp³-hybridized carbons (Fsp3) is 0.118. The lowest BCUT2D eigenvalue weighted by atomic mass is 10.2. The molecular weight excluding hydrogens is 329 g/mol. The summed E-state index contributed by atoms with van der Waals surface area (Å²) < 4.78 is 24.3. The summed E-state index contributed by atoms with van der Waals surface area (Å²) in [5.41, 5.74) is 0.697. The molecule has 1 aromatic heterocycles. The molecule has 1 N–H and O–H groups in total. The van der Waals surface area contributed by atoms with E-state index in [1.165, 1.54) is 19.4 Å². The lowest BCUT2D eigenvalue weighted by Gasteiger charge is -2.08. The second kappa shape index (κ2) is 7.00. The third-order valence-corrected chi connectivity index (χ3v) is 3.49. The van der Waals surface area contributed by atoms with Gasteiger partial charge in [0.25, 0.3) is 0 Å². The maximum absolute atomic E-state index is 13.9. The highest BCUT2D eigenvalue weighted by Gasteiger charge is 2.22. The summed E-state index contributed by atoms with van der Waals surface area (Å²) in [7, 11) is 1.36. The Bertz CT molecular complexity index is 896. The van der Waals surface area contributed by atoms with Gasteiger partial charge in [-0.25, -0.2) is 4.98 Å². The molecule has 25 heavy (non-hydrogen) atoms. The van der Waals surface area contributed by atoms with Crippen LogP contribution in [0.4, 0.5) is 15.8 Å². The highest BCUT2D eigenvalue weighted by atomic mass is 19.1. The number of anilines is 1. The zero-order valence-electron chi connectivity index (χ0n) is 13.2. The van der Waals surface area contributed by atoms with E-state index in [0.29, 0.717) is 11.6 Å². The van der Waals surface area contributed by atoms with Crippen molar-refractivity contribution in [2.75, 3.05) is 12.4 Å². The summed E-state index contributed by atoms with van der Waals surface area (Å²) in [5.74, 6) is -0.364. The Morgan fingerprint density at radius 3 is 2.76 bits per heavy atom. The molecule has 128 valence electrons. The second-order valence-corrected chi connectivity index (χ2v) is 5.13. The Morgan fingerprint density at radius 2 is 2.08 bits per heavy atom. The maximum Gasteiger partial charge on any atom is 0.327 e. The quantitative estimate of drug-likeness (QED) is 0.537. The predicted molar refractivity (Wildman–Crippen MR) is 88.9 cm³/mol. The SMILES string of the molecule is COc1cc(F)c([N+](=O)[O-])c(NCc2coc(-c3ccccc3)n2)c1. The van der Waals surface area contributed by atoms with E-state index in [4.69, 9.17) is 9.15 Å². The van der Waals surface area contributed by atoms with Gasteiger partial charge in [0.1, 0.15) is 17.7 Å². The first kappa shape index (κ1) is 16.4. The van der Waals surface area contributed by atoms with Crippen LogP contribution in [0.25, 0.3) is 11.5 Å². The highest BCUT2D eigenvalue weighted by molar-refractivity contribution is 5.65. The van der Waals surface area contributed by atoms with Gasteiger partial charge in [0, 0.05) is 17.7 Å². The molecule has 0 aliphatic rings. The monoisotopic (exact) mass is 343 g/mol. The van der Waals surface area contributed by atoms with Crippen LogP contribution in [-0.4, -0.2) is 17.0 Å². The normalized spacial score (nSPS) is 10.5. The molecule has 3 aromatic rings. The minimum Gasteiger partial charge on any atom is -0.497 e. The van der Waals surface area contributed by atoms with Crippen molar-refractivity contribution in [3.8, 4) is 17.2 Å². The predicted octanol–water partition coefficient (Wildman–Crippen LogP) is 4.01. The molecule has 0 saturated carbocycles. The number of ether oxygens (including phenoxy) is 1. The number of aromatic nitrogens is 1. The first-order valence-electron chi connectivity index (χ1n) is 7.34. The zero-order valence-corrected chi connectivity index (χ0v) is 13.2. The number of hydrogen-bond acceptors (Lipinski definition) is 6. The Hall–Kier alpha value is -3.42. The molecule has 1 heterocycles. The van der Waals surface area contributed by atoms with Crippen molar-refractivity contribution in [3.63, 3.8) is 0 Å². The van der Waals surface area contributed by atoms with Crippen LogP contribution in [0.1, 0.15) is 5.69 Å². The molecule has 7 nitrogen and oxygen atoms in total. The molecule has 0 radical (unpaired) electrons. The van der Waals surface area contributed by atoms with Gasteiger partial charge < -0.3 is 14.5 Å². The lowest BCUT2D eigenvalue weighted by Crippen LogP contribution is -2.05. The van der Waals surface area contributed by atoms with Crippen LogP contribution in [-0.2, 0) is 6.54 Å². The molecule has 0 atom stereocenters. The fourth-order valence-corrected chi connectivity index (χ4v) is 2.30. The van der Waals surface area contributed by atoms with Crippen LogP contribution < -0.4 is 10.1 Å². The first-order valence-corrected chi connectivity index (χ1v) is 7.34. The van der Waals surface area contributed by atoms with Crippen LogP contribution in [0.15, 0.2) is 53.1 Å². The number of oxazole rings is 1. The molecular formula is C17H14FN3O4. The van der Waals surface area contributed by atoms with Gasteiger partial charge >= 0.3 is 5.69 Å². The summed E-state index contributed by atoms with van der Waals surface area (Å²) in [6.45, 7) is 0.129. The number of halogens is 1. The smallest absolute Gasteiger partial charge is 0.327 e. The topological polar surface area (TPSA) is 90.4 Å². The maximum atomic E-state index is 13.9. The van der Waals surface area contributed by atoms with E-state index >= 15 is 0 Å². The van der Waals surface area contributed by atoms with E-state index in [0.717, 1.165) is 11.6 Å². The van der Waals surface area contributed by atoms with Crippen LogP contribution in [0.2, 0.25) is 0 Å². The molecule has 0 saturated heterocycles. The largest absolute Gasteiger partial charge is 0.497 e. The number of rotatable bonds is 6. The molecule has 0 bridgehead atoms. The van der Waals surface area contributed by atoms with Gasteiger partial charge in [0.2, 0.25) is 11.7 Å². The number of nitrogens with one attached hydrogen (secondary N) is 1. The number of nitro groups is 1. The number of hydrogen-bond donors (Lipinski definition) is 1. The summed E-state index contributed by atoms with van der Waals surface area (Å²) in [5, 5.41) is 13.9. The third kappa shape index (κ3) is 3.57. The average Bonchev–Trinajstić information content (AvgIpc) is 3.08. The van der Waals surface area contributed by atoms with Gasteiger partial charge in [0.05, 0.1) is 24.3 Å². The minimum atomic E-state index is -0.975. The van der Waals surface area contributed by atoms with E-state index in [9.17, 15) is 14.5 Å². The average molecular weight is 343 g/mol. The molecule has 0 amide bonds. The number of methoxy groups -OCH3 is 1. The van der Waals surface area contributed by atoms with Crippen LogP contribution >= 0.6 is 0 Å². The van der Waals surface area contributed by atoms with E-state index < -0.39 is 16.4 Å². The molecule has 0 fully saturated rings. The summed E-state index contributed by atoms with van der Waals surface area (Å²) in [6, 6.07) is 11.6. The Morgan fingerprint density at radius 1 is 1.32 bits per heavy atom. The first-order chi connectivity index (χ1) is 12.1. The molecule has 0 spiro atoms. The van der Waals surface area contributed by atoms with Gasteiger partial charge in [-0.2, -0.15) is 4.39 Å². The minimum absolute atomic E-state index is 0.00566. The molecule has 8 heteroatoms. The Labute approximate surface area is 142 Å². The van der Waals surface area contributed by atoms with Crippen molar-refractivity contribution in [2.24, 2.45) is 0 Å². The number of nitrogens with zero attached hydrogens (tertiary/aromatic N) is 2. The van der Waals surface area contributed by atoms with Gasteiger partial charge in [-0.15, -0.1) is 0 Å². The summed E-state index contributed by atoms with van der Waals surface area (Å²) in [6.07, 6.45) is 1.44. The van der Waals surface area contributed by atoms with Crippen molar-refractivity contribution in [1.82, 2.24) is 4.98 Å². The van der Waals surface area contributed by atoms with E-state index in [2.05, 4.69) is 10.3 Å². The fourth-order valence-electron chi connectivity index (χ4n) is 2.30. The van der Waals surface area contributed by atoms with Crippen molar-refractivity contribution >= 4 is 11.4 Å². The second-order valence-electron chi connectivity index (χ2n) is 5.13. The standard InChI is InChI=1S/C17H14FN3O4/c1-24-13-7-14(18)16(21(22)23)15(8-13)19-9-12-10-25-17(20-12)11-5-3-2-4-6-11/h2-8,10,19H,9H2,1H3. The van der Waals surface area contributed by atoms with Crippen LogP contribution in [0.5, 0.6) is 5.75 Å². The molecule has 0 aliphatic carbocycles. The summed E-state index contributed by atoms with van der Waals surface area (Å²) >= 11 is 0. The van der Waals surface area contributed by atoms with E-state index in [1.807, 2.05) is 30.3 Å². The van der Waals surface area contributed by atoms with Crippen molar-refractivity contribution in [1.29, 1.82) is 0 Å². The molecule has 0 aliphatic heterocycles.